The molecular weight excluding hydrogens is 207 g/mol. The summed E-state index contributed by atoms with van der Waals surface area (Å²) >= 11 is 0. The van der Waals surface area contributed by atoms with Gasteiger partial charge in [0.25, 0.3) is 0 Å². The van der Waals surface area contributed by atoms with Gasteiger partial charge < -0.3 is 5.11 Å². The van der Waals surface area contributed by atoms with Crippen LogP contribution in [0, 0.1) is 5.82 Å². The van der Waals surface area contributed by atoms with Crippen LogP contribution in [-0.2, 0) is 0 Å². The van der Waals surface area contributed by atoms with Gasteiger partial charge in [-0.05, 0) is 23.2 Å². The van der Waals surface area contributed by atoms with Crippen molar-refractivity contribution in [3.63, 3.8) is 0 Å². The van der Waals surface area contributed by atoms with Crippen LogP contribution in [0.5, 0.6) is 0 Å². The monoisotopic (exact) mass is 226 g/mol. The second-order valence-electron chi connectivity index (χ2n) is 4.91. The molecule has 15 heavy (non-hydrogen) atoms. The van der Waals surface area contributed by atoms with Crippen LogP contribution in [0.1, 0.15) is 25.0 Å². The number of rotatable bonds is 3. The van der Waals surface area contributed by atoms with Gasteiger partial charge in [-0.25, -0.2) is 4.39 Å². The van der Waals surface area contributed by atoms with Crippen molar-refractivity contribution in [1.29, 1.82) is 0 Å². The van der Waals surface area contributed by atoms with Crippen molar-refractivity contribution in [3.05, 3.63) is 29.6 Å². The Morgan fingerprint density at radius 2 is 1.93 bits per heavy atom. The Bertz CT molecular complexity index is 344. The van der Waals surface area contributed by atoms with Crippen molar-refractivity contribution in [2.45, 2.75) is 39.1 Å². The topological polar surface area (TPSA) is 20.2 Å². The summed E-state index contributed by atoms with van der Waals surface area (Å²) in [5, 5.41) is 10.4. The second-order valence-corrected chi connectivity index (χ2v) is 9.95. The summed E-state index contributed by atoms with van der Waals surface area (Å²) in [6, 6.07) is 5.14. The molecule has 1 unspecified atom stereocenters. The van der Waals surface area contributed by atoms with Crippen LogP contribution in [0.3, 0.4) is 0 Å². The Kier molecular flexibility index (Phi) is 3.68. The van der Waals surface area contributed by atoms with Crippen molar-refractivity contribution in [1.82, 2.24) is 0 Å². The highest BCUT2D eigenvalue weighted by atomic mass is 28.3. The Morgan fingerprint density at radius 1 is 1.33 bits per heavy atom. The molecule has 1 nitrogen and oxygen atoms in total. The SMILES string of the molecule is CCC(O)c1ccc([Si](C)(C)C)c(F)c1. The lowest BCUT2D eigenvalue weighted by atomic mass is 10.1. The van der Waals surface area contributed by atoms with Crippen LogP contribution in [-0.4, -0.2) is 13.2 Å². The molecule has 1 aromatic rings. The standard InChI is InChI=1S/C12H19FOSi/c1-5-11(14)9-6-7-12(10(13)8-9)15(2,3)4/h6-8,11,14H,5H2,1-4H3. The highest BCUT2D eigenvalue weighted by Gasteiger charge is 2.21. The summed E-state index contributed by atoms with van der Waals surface area (Å²) in [4.78, 5) is 0. The molecule has 0 amide bonds. The van der Waals surface area contributed by atoms with E-state index in [1.165, 1.54) is 6.07 Å². The Morgan fingerprint density at radius 3 is 2.33 bits per heavy atom. The molecule has 1 rings (SSSR count). The van der Waals surface area contributed by atoms with Gasteiger partial charge in [-0.1, -0.05) is 38.7 Å². The minimum atomic E-state index is -1.60. The first kappa shape index (κ1) is 12.4. The lowest BCUT2D eigenvalue weighted by Crippen LogP contribution is -2.40. The number of hydrogen-bond acceptors (Lipinski definition) is 1. The predicted octanol–water partition coefficient (Wildman–Crippen LogP) is 2.81. The maximum atomic E-state index is 13.8. The van der Waals surface area contributed by atoms with Crippen LogP contribution in [0.15, 0.2) is 18.2 Å². The summed E-state index contributed by atoms with van der Waals surface area (Å²) in [5.41, 5.74) is 0.678. The van der Waals surface area contributed by atoms with Gasteiger partial charge >= 0.3 is 0 Å². The van der Waals surface area contributed by atoms with Crippen molar-refractivity contribution in [2.24, 2.45) is 0 Å². The molecule has 0 bridgehead atoms. The van der Waals surface area contributed by atoms with E-state index in [0.29, 0.717) is 12.0 Å². The van der Waals surface area contributed by atoms with Gasteiger partial charge in [-0.3, -0.25) is 0 Å². The number of hydrogen-bond donors (Lipinski definition) is 1. The van der Waals surface area contributed by atoms with Crippen LogP contribution in [0.2, 0.25) is 19.6 Å². The van der Waals surface area contributed by atoms with E-state index in [1.54, 1.807) is 0 Å². The molecule has 0 aliphatic carbocycles. The average molecular weight is 226 g/mol. The van der Waals surface area contributed by atoms with Crippen LogP contribution in [0.4, 0.5) is 4.39 Å². The average Bonchev–Trinajstić information content (AvgIpc) is 2.14. The smallest absolute Gasteiger partial charge is 0.122 e. The fraction of sp³-hybridized carbons (Fsp3) is 0.500. The Hall–Kier alpha value is -0.673. The van der Waals surface area contributed by atoms with Crippen molar-refractivity contribution >= 4 is 13.3 Å². The normalized spacial score (nSPS) is 14.0. The first-order chi connectivity index (χ1) is 6.86. The molecule has 1 N–H and O–H groups in total. The van der Waals surface area contributed by atoms with E-state index in [4.69, 9.17) is 0 Å². The third-order valence-electron chi connectivity index (χ3n) is 2.57. The zero-order chi connectivity index (χ0) is 11.6. The summed E-state index contributed by atoms with van der Waals surface area (Å²) in [6.45, 7) is 8.22. The Balaban J connectivity index is 3.09. The predicted molar refractivity (Wildman–Crippen MR) is 64.6 cm³/mol. The minimum absolute atomic E-state index is 0.167. The maximum absolute atomic E-state index is 13.8. The minimum Gasteiger partial charge on any atom is -0.388 e. The van der Waals surface area contributed by atoms with E-state index in [2.05, 4.69) is 19.6 Å². The lowest BCUT2D eigenvalue weighted by Gasteiger charge is -2.19. The van der Waals surface area contributed by atoms with Gasteiger partial charge in [0.1, 0.15) is 5.82 Å². The number of benzene rings is 1. The number of halogens is 1. The molecule has 0 spiro atoms. The molecule has 0 aliphatic rings. The van der Waals surface area contributed by atoms with Gasteiger partial charge in [0.2, 0.25) is 0 Å². The summed E-state index contributed by atoms with van der Waals surface area (Å²) in [5.74, 6) is -0.167. The maximum Gasteiger partial charge on any atom is 0.122 e. The zero-order valence-electron chi connectivity index (χ0n) is 9.84. The summed E-state index contributed by atoms with van der Waals surface area (Å²) in [7, 11) is -1.60. The van der Waals surface area contributed by atoms with Crippen molar-refractivity contribution in [3.8, 4) is 0 Å². The highest BCUT2D eigenvalue weighted by molar-refractivity contribution is 6.88. The van der Waals surface area contributed by atoms with Gasteiger partial charge in [0.15, 0.2) is 0 Å². The lowest BCUT2D eigenvalue weighted by molar-refractivity contribution is 0.173. The molecule has 0 aromatic heterocycles. The summed E-state index contributed by atoms with van der Waals surface area (Å²) in [6.07, 6.45) is 0.0707. The number of aliphatic hydroxyl groups excluding tert-OH is 1. The van der Waals surface area contributed by atoms with E-state index in [0.717, 1.165) is 5.19 Å². The van der Waals surface area contributed by atoms with Crippen molar-refractivity contribution < 1.29 is 9.50 Å². The Labute approximate surface area is 92.0 Å². The van der Waals surface area contributed by atoms with Crippen LogP contribution >= 0.6 is 0 Å². The molecule has 0 aliphatic heterocycles. The van der Waals surface area contributed by atoms with Gasteiger partial charge in [0.05, 0.1) is 14.2 Å². The largest absolute Gasteiger partial charge is 0.388 e. The van der Waals surface area contributed by atoms with Crippen LogP contribution in [0.25, 0.3) is 0 Å². The van der Waals surface area contributed by atoms with Gasteiger partial charge in [-0.15, -0.1) is 0 Å². The fourth-order valence-electron chi connectivity index (χ4n) is 1.58. The fourth-order valence-corrected chi connectivity index (χ4v) is 2.95. The second kappa shape index (κ2) is 4.45. The van der Waals surface area contributed by atoms with E-state index in [1.807, 2.05) is 19.1 Å². The number of aliphatic hydroxyl groups is 1. The van der Waals surface area contributed by atoms with Gasteiger partial charge in [-0.2, -0.15) is 0 Å². The molecule has 84 valence electrons. The third-order valence-corrected chi connectivity index (χ3v) is 4.59. The van der Waals surface area contributed by atoms with E-state index in [-0.39, 0.29) is 5.82 Å². The third kappa shape index (κ3) is 2.89. The first-order valence-corrected chi connectivity index (χ1v) is 8.84. The zero-order valence-corrected chi connectivity index (χ0v) is 10.8. The highest BCUT2D eigenvalue weighted by Crippen LogP contribution is 2.17. The van der Waals surface area contributed by atoms with E-state index < -0.39 is 14.2 Å². The molecule has 0 saturated carbocycles. The van der Waals surface area contributed by atoms with Gasteiger partial charge in [0, 0.05) is 0 Å². The molecule has 1 atom stereocenters. The van der Waals surface area contributed by atoms with Crippen molar-refractivity contribution in [2.75, 3.05) is 0 Å². The molecule has 0 fully saturated rings. The molecule has 0 saturated heterocycles. The first-order valence-electron chi connectivity index (χ1n) is 5.34. The molecule has 0 heterocycles. The van der Waals surface area contributed by atoms with Crippen LogP contribution < -0.4 is 5.19 Å². The van der Waals surface area contributed by atoms with E-state index in [9.17, 15) is 9.50 Å². The molecular formula is C12H19FOSi. The molecule has 0 radical (unpaired) electrons. The molecule has 1 aromatic carbocycles. The van der Waals surface area contributed by atoms with E-state index >= 15 is 0 Å². The summed E-state index contributed by atoms with van der Waals surface area (Å²) < 4.78 is 13.8. The molecule has 3 heteroatoms. The quantitative estimate of drug-likeness (QED) is 0.786.